The molecule has 6 heteroatoms. The Balaban J connectivity index is 1.29. The molecule has 0 bridgehead atoms. The molecule has 0 N–H and O–H groups in total. The maximum Gasteiger partial charge on any atom is 0.206 e. The van der Waals surface area contributed by atoms with Crippen molar-refractivity contribution in [1.29, 1.82) is 0 Å². The maximum absolute atomic E-state index is 15.9. The Morgan fingerprint density at radius 2 is 0.913 bits per heavy atom. The van der Waals surface area contributed by atoms with Crippen LogP contribution in [-0.2, 0) is 4.57 Å². The molecule has 0 amide bonds. The van der Waals surface area contributed by atoms with Crippen LogP contribution < -0.4 is 16.2 Å². The topological polar surface area (TPSA) is 68.6 Å². The van der Waals surface area contributed by atoms with E-state index in [1.54, 1.807) is 12.4 Å². The molecule has 0 spiro atoms. The first-order valence-corrected chi connectivity index (χ1v) is 16.9. The number of nitrogens with zero attached hydrogens (tertiary/aromatic N) is 4. The second-order valence-corrected chi connectivity index (χ2v) is 14.1. The first-order chi connectivity index (χ1) is 22.7. The third-order valence-corrected chi connectivity index (χ3v) is 11.6. The van der Waals surface area contributed by atoms with E-state index < -0.39 is 7.14 Å². The van der Waals surface area contributed by atoms with Gasteiger partial charge in [-0.3, -0.25) is 9.97 Å². The van der Waals surface area contributed by atoms with Gasteiger partial charge in [0, 0.05) is 39.2 Å². The van der Waals surface area contributed by atoms with E-state index in [1.165, 1.54) is 10.8 Å². The molecule has 0 fully saturated rings. The summed E-state index contributed by atoms with van der Waals surface area (Å²) in [6.45, 7) is 0. The van der Waals surface area contributed by atoms with Crippen LogP contribution in [0, 0.1) is 0 Å². The molecular weight excluding hydrogens is 583 g/mol. The van der Waals surface area contributed by atoms with Crippen molar-refractivity contribution in [3.63, 3.8) is 0 Å². The van der Waals surface area contributed by atoms with Gasteiger partial charge in [-0.25, -0.2) is 9.97 Å². The average molecular weight is 609 g/mol. The molecule has 0 aliphatic heterocycles. The van der Waals surface area contributed by atoms with E-state index in [9.17, 15) is 0 Å². The zero-order chi connectivity index (χ0) is 30.7. The maximum atomic E-state index is 15.9. The highest BCUT2D eigenvalue weighted by atomic mass is 31.2. The molecule has 0 unspecified atom stereocenters. The van der Waals surface area contributed by atoms with Crippen molar-refractivity contribution in [2.45, 2.75) is 0 Å². The Labute approximate surface area is 264 Å². The molecule has 0 aliphatic carbocycles. The lowest BCUT2D eigenvalue weighted by Gasteiger charge is -2.20. The van der Waals surface area contributed by atoms with Gasteiger partial charge in [-0.2, -0.15) is 0 Å². The van der Waals surface area contributed by atoms with Crippen LogP contribution >= 0.6 is 7.14 Å². The van der Waals surface area contributed by atoms with Crippen molar-refractivity contribution in [3.8, 4) is 11.1 Å². The molecule has 0 aliphatic rings. The predicted octanol–water partition coefficient (Wildman–Crippen LogP) is 8.34. The molecule has 5 nitrogen and oxygen atoms in total. The predicted molar refractivity (Wildman–Crippen MR) is 190 cm³/mol. The molecular formula is C40H25N4OP. The minimum absolute atomic E-state index is 0.469. The van der Waals surface area contributed by atoms with Gasteiger partial charge in [0.25, 0.3) is 0 Å². The summed E-state index contributed by atoms with van der Waals surface area (Å²) < 4.78 is 15.9. The van der Waals surface area contributed by atoms with Crippen molar-refractivity contribution in [3.05, 3.63) is 152 Å². The highest BCUT2D eigenvalue weighted by Crippen LogP contribution is 2.43. The highest BCUT2D eigenvalue weighted by molar-refractivity contribution is 7.85. The van der Waals surface area contributed by atoms with Crippen LogP contribution in [0.3, 0.4) is 0 Å². The molecule has 0 radical (unpaired) electrons. The first kappa shape index (κ1) is 26.6. The number of rotatable bonds is 4. The van der Waals surface area contributed by atoms with E-state index in [2.05, 4.69) is 64.6 Å². The third kappa shape index (κ3) is 4.13. The Bertz CT molecular complexity index is 2560. The van der Waals surface area contributed by atoms with Gasteiger partial charge in [0.15, 0.2) is 0 Å². The number of hydrogen-bond acceptors (Lipinski definition) is 5. The van der Waals surface area contributed by atoms with Crippen molar-refractivity contribution in [1.82, 2.24) is 19.9 Å². The summed E-state index contributed by atoms with van der Waals surface area (Å²) in [5.74, 6) is 0. The van der Waals surface area contributed by atoms with Crippen LogP contribution in [0.25, 0.3) is 65.5 Å². The summed E-state index contributed by atoms with van der Waals surface area (Å²) in [5, 5.41) is 6.86. The fraction of sp³-hybridized carbons (Fsp3) is 0. The number of aromatic nitrogens is 4. The molecule has 0 saturated carbocycles. The Hall–Kier alpha value is -5.77. The molecule has 4 heterocycles. The second kappa shape index (κ2) is 10.4. The van der Waals surface area contributed by atoms with Crippen LogP contribution in [0.4, 0.5) is 0 Å². The van der Waals surface area contributed by atoms with Gasteiger partial charge in [-0.05, 0) is 46.2 Å². The van der Waals surface area contributed by atoms with Crippen molar-refractivity contribution >= 4 is 77.7 Å². The SMILES string of the molecule is O=P(c1ccc(-c2cccc3ccccc23)cc1)(c1ccc2ccc3cccnc3c2n1)c1ccc2ccc3cccnc3c2n1. The van der Waals surface area contributed by atoms with Crippen molar-refractivity contribution < 1.29 is 4.57 Å². The second-order valence-electron chi connectivity index (χ2n) is 11.4. The van der Waals surface area contributed by atoms with Crippen LogP contribution in [0.1, 0.15) is 0 Å². The van der Waals surface area contributed by atoms with E-state index in [0.717, 1.165) is 54.7 Å². The van der Waals surface area contributed by atoms with Crippen molar-refractivity contribution in [2.24, 2.45) is 0 Å². The lowest BCUT2D eigenvalue weighted by atomic mass is 9.98. The monoisotopic (exact) mass is 608 g/mol. The van der Waals surface area contributed by atoms with Crippen LogP contribution in [-0.4, -0.2) is 19.9 Å². The summed E-state index contributed by atoms with van der Waals surface area (Å²) in [6.07, 6.45) is 3.54. The zero-order valence-corrected chi connectivity index (χ0v) is 25.5. The standard InChI is InChI=1S/C40H25N4OP/c45-46(35-22-18-30-14-12-28-8-4-24-41-37(28)39(30)43-35,36-23-19-31-15-13-29-9-5-25-42-38(29)40(31)44-36)32-20-16-27(17-21-32)34-11-3-7-26-6-1-2-10-33(26)34/h1-25H. The van der Waals surface area contributed by atoms with E-state index in [-0.39, 0.29) is 0 Å². The summed E-state index contributed by atoms with van der Waals surface area (Å²) in [6, 6.07) is 46.5. The van der Waals surface area contributed by atoms with E-state index >= 15 is 4.57 Å². The summed E-state index contributed by atoms with van der Waals surface area (Å²) in [5.41, 5.74) is 6.11. The molecule has 46 heavy (non-hydrogen) atoms. The number of pyridine rings is 4. The molecule has 4 aromatic heterocycles. The molecule has 9 rings (SSSR count). The Kier molecular flexibility index (Phi) is 6.02. The Morgan fingerprint density at radius 3 is 1.52 bits per heavy atom. The van der Waals surface area contributed by atoms with E-state index in [4.69, 9.17) is 9.97 Å². The third-order valence-electron chi connectivity index (χ3n) is 8.81. The van der Waals surface area contributed by atoms with E-state index in [1.807, 2.05) is 84.9 Å². The fourth-order valence-electron chi connectivity index (χ4n) is 6.49. The van der Waals surface area contributed by atoms with Crippen LogP contribution in [0.15, 0.2) is 152 Å². The fourth-order valence-corrected chi connectivity index (χ4v) is 8.87. The lowest BCUT2D eigenvalue weighted by molar-refractivity contribution is 0.591. The van der Waals surface area contributed by atoms with Gasteiger partial charge in [-0.15, -0.1) is 0 Å². The highest BCUT2D eigenvalue weighted by Gasteiger charge is 2.34. The minimum atomic E-state index is -3.58. The summed E-state index contributed by atoms with van der Waals surface area (Å²) in [7, 11) is -3.58. The van der Waals surface area contributed by atoms with Gasteiger partial charge in [-0.1, -0.05) is 115 Å². The Morgan fingerprint density at radius 1 is 0.413 bits per heavy atom. The largest absolute Gasteiger partial charge is 0.305 e. The number of fused-ring (bicyclic) bond motifs is 7. The molecule has 5 aromatic carbocycles. The molecule has 216 valence electrons. The van der Waals surface area contributed by atoms with E-state index in [0.29, 0.717) is 16.2 Å². The molecule has 0 atom stereocenters. The lowest BCUT2D eigenvalue weighted by Crippen LogP contribution is -2.29. The van der Waals surface area contributed by atoms with Crippen LogP contribution in [0.5, 0.6) is 0 Å². The first-order valence-electron chi connectivity index (χ1n) is 15.2. The zero-order valence-electron chi connectivity index (χ0n) is 24.6. The van der Waals surface area contributed by atoms with Gasteiger partial charge in [0.2, 0.25) is 7.14 Å². The summed E-state index contributed by atoms with van der Waals surface area (Å²) >= 11 is 0. The van der Waals surface area contributed by atoms with Gasteiger partial charge < -0.3 is 4.57 Å². The smallest absolute Gasteiger partial charge is 0.206 e. The van der Waals surface area contributed by atoms with Crippen LogP contribution in [0.2, 0.25) is 0 Å². The number of benzene rings is 5. The van der Waals surface area contributed by atoms with Gasteiger partial charge in [0.05, 0.1) is 22.1 Å². The summed E-state index contributed by atoms with van der Waals surface area (Å²) in [4.78, 5) is 19.5. The minimum Gasteiger partial charge on any atom is -0.305 e. The number of hydrogen-bond donors (Lipinski definition) is 0. The normalized spacial score (nSPS) is 12.0. The molecule has 0 saturated heterocycles. The van der Waals surface area contributed by atoms with Crippen molar-refractivity contribution in [2.75, 3.05) is 0 Å². The van der Waals surface area contributed by atoms with Gasteiger partial charge in [0.1, 0.15) is 10.9 Å². The van der Waals surface area contributed by atoms with Gasteiger partial charge >= 0.3 is 0 Å². The average Bonchev–Trinajstić information content (AvgIpc) is 3.13. The molecule has 9 aromatic rings. The quantitative estimate of drug-likeness (QED) is 0.148.